The maximum absolute atomic E-state index is 6.46. The number of nitrogens with one attached hydrogen (secondary N) is 1. The van der Waals surface area contributed by atoms with E-state index in [1.807, 2.05) is 5.57 Å². The SMILES string of the molecule is CC1(NC2CCC3C4CCC=CC4C(C4=CC=CCC4)(C4=CCCCC4)C3C2)CC=CC2Oc3ccccc3C21. The first-order chi connectivity index (χ1) is 19.7. The molecule has 0 saturated heterocycles. The van der Waals surface area contributed by atoms with Crippen molar-refractivity contribution < 1.29 is 4.74 Å². The van der Waals surface area contributed by atoms with Gasteiger partial charge in [0, 0.05) is 28.5 Å². The largest absolute Gasteiger partial charge is 0.485 e. The maximum atomic E-state index is 6.46. The van der Waals surface area contributed by atoms with Crippen LogP contribution >= 0.6 is 0 Å². The molecule has 0 amide bonds. The van der Waals surface area contributed by atoms with Gasteiger partial charge in [-0.25, -0.2) is 0 Å². The van der Waals surface area contributed by atoms with Crippen molar-refractivity contribution in [3.05, 3.63) is 89.6 Å². The molecular formula is C38H47NO. The van der Waals surface area contributed by atoms with E-state index < -0.39 is 0 Å². The highest BCUT2D eigenvalue weighted by Gasteiger charge is 2.63. The van der Waals surface area contributed by atoms with Gasteiger partial charge in [-0.2, -0.15) is 0 Å². The molecule has 1 heterocycles. The fourth-order valence-corrected chi connectivity index (χ4v) is 11.0. The molecule has 2 fully saturated rings. The zero-order valence-electron chi connectivity index (χ0n) is 24.4. The van der Waals surface area contributed by atoms with Crippen molar-refractivity contribution in [1.29, 1.82) is 0 Å². The monoisotopic (exact) mass is 533 g/mol. The molecule has 6 aliphatic carbocycles. The maximum Gasteiger partial charge on any atom is 0.126 e. The van der Waals surface area contributed by atoms with Gasteiger partial charge in [-0.3, -0.25) is 0 Å². The van der Waals surface area contributed by atoms with Gasteiger partial charge in [0.25, 0.3) is 0 Å². The summed E-state index contributed by atoms with van der Waals surface area (Å²) in [6.07, 6.45) is 35.9. The van der Waals surface area contributed by atoms with Crippen molar-refractivity contribution in [2.24, 2.45) is 29.1 Å². The molecule has 0 bridgehead atoms. The molecule has 7 aliphatic rings. The zero-order chi connectivity index (χ0) is 26.7. The Morgan fingerprint density at radius 3 is 2.70 bits per heavy atom. The van der Waals surface area contributed by atoms with Gasteiger partial charge < -0.3 is 10.1 Å². The van der Waals surface area contributed by atoms with E-state index in [-0.39, 0.29) is 17.1 Å². The predicted octanol–water partition coefficient (Wildman–Crippen LogP) is 8.98. The lowest BCUT2D eigenvalue weighted by molar-refractivity contribution is 0.103. The molecule has 0 radical (unpaired) electrons. The normalized spacial score (nSPS) is 43.2. The van der Waals surface area contributed by atoms with E-state index in [0.717, 1.165) is 29.9 Å². The summed E-state index contributed by atoms with van der Waals surface area (Å²) in [5.74, 6) is 4.66. The van der Waals surface area contributed by atoms with Gasteiger partial charge in [0.2, 0.25) is 0 Å². The van der Waals surface area contributed by atoms with Crippen molar-refractivity contribution in [1.82, 2.24) is 5.32 Å². The minimum Gasteiger partial charge on any atom is -0.485 e. The lowest BCUT2D eigenvalue weighted by Gasteiger charge is -2.50. The predicted molar refractivity (Wildman–Crippen MR) is 164 cm³/mol. The summed E-state index contributed by atoms with van der Waals surface area (Å²) >= 11 is 0. The molecule has 1 aromatic rings. The van der Waals surface area contributed by atoms with E-state index in [9.17, 15) is 0 Å². The molecule has 2 heteroatoms. The van der Waals surface area contributed by atoms with Crippen LogP contribution in [-0.2, 0) is 0 Å². The van der Waals surface area contributed by atoms with Gasteiger partial charge in [0.15, 0.2) is 0 Å². The van der Waals surface area contributed by atoms with Crippen LogP contribution in [0, 0.1) is 29.1 Å². The molecule has 210 valence electrons. The van der Waals surface area contributed by atoms with Gasteiger partial charge in [0.1, 0.15) is 11.9 Å². The Morgan fingerprint density at radius 2 is 1.82 bits per heavy atom. The number of ether oxygens (including phenoxy) is 1. The summed E-state index contributed by atoms with van der Waals surface area (Å²) < 4.78 is 6.46. The van der Waals surface area contributed by atoms with Gasteiger partial charge in [0.05, 0.1) is 0 Å². The Bertz CT molecular complexity index is 1300. The first-order valence-corrected chi connectivity index (χ1v) is 16.6. The van der Waals surface area contributed by atoms with Crippen LogP contribution in [0.1, 0.15) is 95.5 Å². The molecule has 8 rings (SSSR count). The second kappa shape index (κ2) is 9.90. The molecule has 9 atom stereocenters. The quantitative estimate of drug-likeness (QED) is 0.390. The van der Waals surface area contributed by atoms with Crippen LogP contribution in [0.25, 0.3) is 0 Å². The Labute approximate surface area is 241 Å². The number of fused-ring (bicyclic) bond motifs is 6. The van der Waals surface area contributed by atoms with Gasteiger partial charge >= 0.3 is 0 Å². The summed E-state index contributed by atoms with van der Waals surface area (Å²) in [6, 6.07) is 9.36. The summed E-state index contributed by atoms with van der Waals surface area (Å²) in [7, 11) is 0. The van der Waals surface area contributed by atoms with E-state index in [4.69, 9.17) is 4.74 Å². The number of hydrogen-bond donors (Lipinski definition) is 1. The number of allylic oxidation sites excluding steroid dienone is 8. The van der Waals surface area contributed by atoms with Gasteiger partial charge in [-0.1, -0.05) is 71.9 Å². The zero-order valence-corrected chi connectivity index (χ0v) is 24.4. The van der Waals surface area contributed by atoms with Crippen molar-refractivity contribution in [2.75, 3.05) is 0 Å². The smallest absolute Gasteiger partial charge is 0.126 e. The molecule has 1 aromatic carbocycles. The van der Waals surface area contributed by atoms with Crippen LogP contribution < -0.4 is 10.1 Å². The average molecular weight is 534 g/mol. The Kier molecular flexibility index (Phi) is 6.28. The number of hydrogen-bond acceptors (Lipinski definition) is 2. The third kappa shape index (κ3) is 3.77. The molecule has 2 nitrogen and oxygen atoms in total. The van der Waals surface area contributed by atoms with E-state index in [2.05, 4.69) is 85.1 Å². The minimum absolute atomic E-state index is 0.0222. The van der Waals surface area contributed by atoms with Crippen molar-refractivity contribution in [3.63, 3.8) is 0 Å². The van der Waals surface area contributed by atoms with Crippen LogP contribution in [0.5, 0.6) is 5.75 Å². The topological polar surface area (TPSA) is 21.3 Å². The van der Waals surface area contributed by atoms with E-state index >= 15 is 0 Å². The molecule has 1 aliphatic heterocycles. The third-order valence-electron chi connectivity index (χ3n) is 12.3. The average Bonchev–Trinajstić information content (AvgIpc) is 3.53. The lowest BCUT2D eigenvalue weighted by Crippen LogP contribution is -2.57. The van der Waals surface area contributed by atoms with Gasteiger partial charge in [-0.15, -0.1) is 0 Å². The molecule has 0 spiro atoms. The Balaban J connectivity index is 1.17. The first kappa shape index (κ1) is 25.4. The minimum atomic E-state index is 0.0222. The van der Waals surface area contributed by atoms with Crippen LogP contribution in [0.3, 0.4) is 0 Å². The molecule has 9 unspecified atom stereocenters. The number of rotatable bonds is 4. The lowest BCUT2D eigenvalue weighted by atomic mass is 9.55. The van der Waals surface area contributed by atoms with Crippen molar-refractivity contribution in [3.8, 4) is 5.75 Å². The first-order valence-electron chi connectivity index (χ1n) is 16.6. The second-order valence-electron chi connectivity index (χ2n) is 14.3. The fourth-order valence-electron chi connectivity index (χ4n) is 11.0. The van der Waals surface area contributed by atoms with Crippen molar-refractivity contribution in [2.45, 2.75) is 108 Å². The molecular weight excluding hydrogens is 486 g/mol. The van der Waals surface area contributed by atoms with Crippen LogP contribution in [0.15, 0.2) is 84.0 Å². The van der Waals surface area contributed by atoms with E-state index in [1.165, 1.54) is 76.2 Å². The molecule has 2 saturated carbocycles. The fraction of sp³-hybridized carbons (Fsp3) is 0.579. The number of benzene rings is 1. The summed E-state index contributed by atoms with van der Waals surface area (Å²) in [6.45, 7) is 2.49. The van der Waals surface area contributed by atoms with Crippen LogP contribution in [-0.4, -0.2) is 17.7 Å². The summed E-state index contributed by atoms with van der Waals surface area (Å²) in [5.41, 5.74) is 5.28. The number of para-hydroxylation sites is 1. The molecule has 1 N–H and O–H groups in total. The van der Waals surface area contributed by atoms with Crippen LogP contribution in [0.2, 0.25) is 0 Å². The molecule has 40 heavy (non-hydrogen) atoms. The van der Waals surface area contributed by atoms with E-state index in [0.29, 0.717) is 17.9 Å². The van der Waals surface area contributed by atoms with E-state index in [1.54, 1.807) is 5.57 Å². The third-order valence-corrected chi connectivity index (χ3v) is 12.3. The molecule has 0 aromatic heterocycles. The summed E-state index contributed by atoms with van der Waals surface area (Å²) in [5, 5.41) is 4.38. The van der Waals surface area contributed by atoms with Crippen LogP contribution in [0.4, 0.5) is 0 Å². The second-order valence-corrected chi connectivity index (χ2v) is 14.3. The van der Waals surface area contributed by atoms with Crippen molar-refractivity contribution >= 4 is 0 Å². The Hall–Kier alpha value is -2.32. The summed E-state index contributed by atoms with van der Waals surface area (Å²) in [4.78, 5) is 0. The highest BCUT2D eigenvalue weighted by atomic mass is 16.5. The highest BCUT2D eigenvalue weighted by molar-refractivity contribution is 5.46. The standard InChI is InChI=1S/C38H47NO/c1-37(24-12-21-35-36(37)31-18-9-11-20-34(31)40-35)39-28-22-23-30-29-17-8-10-19-32(29)38(33(30)25-28,26-13-4-2-5-14-26)27-15-6-3-7-16-27/h2,4,9-13,15,18-21,28-30,32-33,35-36,39H,3,5-8,14,16-17,22-25H2,1H3. The Morgan fingerprint density at radius 1 is 0.875 bits per heavy atom. The highest BCUT2D eigenvalue weighted by Crippen LogP contribution is 2.69. The van der Waals surface area contributed by atoms with Gasteiger partial charge in [-0.05, 0) is 120 Å².